The van der Waals surface area contributed by atoms with Gasteiger partial charge in [0.05, 0.1) is 6.21 Å². The first-order chi connectivity index (χ1) is 17.3. The summed E-state index contributed by atoms with van der Waals surface area (Å²) in [6.07, 6.45) is -3.28. The van der Waals surface area contributed by atoms with Gasteiger partial charge in [0.15, 0.2) is 6.61 Å². The van der Waals surface area contributed by atoms with Gasteiger partial charge in [0, 0.05) is 21.4 Å². The Hall–Kier alpha value is -4.19. The maximum absolute atomic E-state index is 12.8. The number of rotatable bonds is 8. The number of aromatic hydroxyl groups is 1. The van der Waals surface area contributed by atoms with Gasteiger partial charge in [-0.2, -0.15) is 33.2 Å². The summed E-state index contributed by atoms with van der Waals surface area (Å²) in [4.78, 5) is 14.0. The average molecular weight is 559 g/mol. The highest BCUT2D eigenvalue weighted by Crippen LogP contribution is 2.33. The van der Waals surface area contributed by atoms with Gasteiger partial charge in [-0.05, 0) is 42.5 Å². The molecule has 4 rings (SSSR count). The van der Waals surface area contributed by atoms with E-state index < -0.39 is 18.8 Å². The average Bonchev–Trinajstić information content (AvgIpc) is 2.86. The Kier molecular flexibility index (Phi) is 7.64. The molecule has 184 valence electrons. The molecule has 4 aromatic rings. The fourth-order valence-electron chi connectivity index (χ4n) is 3.03. The quantitative estimate of drug-likeness (QED) is 0.196. The summed E-state index contributed by atoms with van der Waals surface area (Å²) in [5.74, 6) is -0.184. The van der Waals surface area contributed by atoms with Crippen LogP contribution in [-0.4, -0.2) is 39.1 Å². The van der Waals surface area contributed by atoms with Gasteiger partial charge in [0.25, 0.3) is 5.95 Å². The number of ether oxygens (including phenoxy) is 1. The molecule has 0 radical (unpaired) electrons. The number of para-hydroxylation sites is 2. The van der Waals surface area contributed by atoms with Crippen molar-refractivity contribution in [3.05, 3.63) is 88.9 Å². The van der Waals surface area contributed by atoms with Crippen LogP contribution >= 0.6 is 15.9 Å². The zero-order chi connectivity index (χ0) is 25.5. The molecule has 12 heteroatoms. The zero-order valence-corrected chi connectivity index (χ0v) is 20.0. The van der Waals surface area contributed by atoms with Gasteiger partial charge < -0.3 is 9.84 Å². The number of anilines is 4. The van der Waals surface area contributed by atoms with Crippen LogP contribution in [0.5, 0.6) is 11.8 Å². The molecule has 0 saturated heterocycles. The first-order valence-electron chi connectivity index (χ1n) is 10.4. The van der Waals surface area contributed by atoms with Gasteiger partial charge >= 0.3 is 12.2 Å². The summed E-state index contributed by atoms with van der Waals surface area (Å²) in [6, 6.07) is 22.3. The Bertz CT molecular complexity index is 1300. The van der Waals surface area contributed by atoms with Crippen LogP contribution < -0.4 is 15.1 Å². The van der Waals surface area contributed by atoms with Crippen LogP contribution in [0.15, 0.2) is 88.4 Å². The summed E-state index contributed by atoms with van der Waals surface area (Å²) in [7, 11) is 0. The number of hydrazone groups is 1. The van der Waals surface area contributed by atoms with E-state index >= 15 is 0 Å². The molecular formula is C24H18BrF3N6O2. The van der Waals surface area contributed by atoms with Crippen molar-refractivity contribution in [2.24, 2.45) is 5.10 Å². The smallest absolute Gasteiger partial charge is 0.422 e. The molecule has 0 aliphatic heterocycles. The van der Waals surface area contributed by atoms with Crippen LogP contribution in [0.25, 0.3) is 0 Å². The summed E-state index contributed by atoms with van der Waals surface area (Å²) < 4.78 is 44.0. The number of nitrogens with zero attached hydrogens (tertiary/aromatic N) is 5. The van der Waals surface area contributed by atoms with Crippen LogP contribution in [0.3, 0.4) is 0 Å². The summed E-state index contributed by atoms with van der Waals surface area (Å²) in [6.45, 7) is -1.58. The lowest BCUT2D eigenvalue weighted by Crippen LogP contribution is -2.21. The second kappa shape index (κ2) is 11.0. The highest BCUT2D eigenvalue weighted by Gasteiger charge is 2.29. The first-order valence-corrected chi connectivity index (χ1v) is 11.2. The minimum absolute atomic E-state index is 0.00239. The molecule has 3 aromatic carbocycles. The standard InChI is InChI=1S/C24H18BrF3N6O2/c25-17-11-12-20(35)16(13-17)14-29-33-21-30-22(32-23(31-21)36-15-24(26,27)28)34(18-7-3-1-4-8-18)19-9-5-2-6-10-19/h1-14,35H,15H2,(H,30,31,32,33)/b29-14+. The van der Waals surface area contributed by atoms with E-state index in [0.29, 0.717) is 21.4 Å². The third-order valence-electron chi connectivity index (χ3n) is 4.55. The van der Waals surface area contributed by atoms with E-state index in [1.165, 1.54) is 12.3 Å². The normalized spacial score (nSPS) is 11.4. The first kappa shape index (κ1) is 24.9. The largest absolute Gasteiger partial charge is 0.507 e. The molecule has 0 amide bonds. The molecule has 0 aliphatic rings. The molecule has 0 fully saturated rings. The number of alkyl halides is 3. The maximum atomic E-state index is 12.8. The number of aromatic nitrogens is 3. The monoisotopic (exact) mass is 558 g/mol. The maximum Gasteiger partial charge on any atom is 0.422 e. The van der Waals surface area contributed by atoms with E-state index in [1.807, 2.05) is 12.1 Å². The van der Waals surface area contributed by atoms with Gasteiger partial charge in [0.1, 0.15) is 5.75 Å². The molecule has 0 aliphatic carbocycles. The van der Waals surface area contributed by atoms with E-state index in [2.05, 4.69) is 41.4 Å². The summed E-state index contributed by atoms with van der Waals surface area (Å²) in [5, 5.41) is 14.0. The van der Waals surface area contributed by atoms with Crippen LogP contribution in [0, 0.1) is 0 Å². The van der Waals surface area contributed by atoms with Crippen molar-refractivity contribution < 1.29 is 23.0 Å². The minimum atomic E-state index is -4.59. The lowest BCUT2D eigenvalue weighted by molar-refractivity contribution is -0.154. The molecule has 0 unspecified atom stereocenters. The van der Waals surface area contributed by atoms with E-state index in [0.717, 1.165) is 0 Å². The number of halogens is 4. The number of hydrogen-bond acceptors (Lipinski definition) is 8. The third kappa shape index (κ3) is 6.69. The van der Waals surface area contributed by atoms with Gasteiger partial charge in [0.2, 0.25) is 5.95 Å². The molecular weight excluding hydrogens is 541 g/mol. The number of phenolic OH excluding ortho intramolecular Hbond substituents is 1. The van der Waals surface area contributed by atoms with Crippen molar-refractivity contribution in [3.8, 4) is 11.8 Å². The molecule has 8 nitrogen and oxygen atoms in total. The molecule has 1 aromatic heterocycles. The molecule has 36 heavy (non-hydrogen) atoms. The van der Waals surface area contributed by atoms with Crippen molar-refractivity contribution >= 4 is 45.4 Å². The second-order valence-corrected chi connectivity index (χ2v) is 8.14. The Morgan fingerprint density at radius 3 is 2.19 bits per heavy atom. The Morgan fingerprint density at radius 2 is 1.58 bits per heavy atom. The Labute approximate surface area is 212 Å². The van der Waals surface area contributed by atoms with E-state index in [-0.39, 0.29) is 17.6 Å². The molecule has 2 N–H and O–H groups in total. The molecule has 1 heterocycles. The number of nitrogens with one attached hydrogen (secondary N) is 1. The van der Waals surface area contributed by atoms with Crippen molar-refractivity contribution in [3.63, 3.8) is 0 Å². The van der Waals surface area contributed by atoms with Crippen LogP contribution in [0.1, 0.15) is 5.56 Å². The van der Waals surface area contributed by atoms with Crippen LogP contribution in [-0.2, 0) is 0 Å². The van der Waals surface area contributed by atoms with Crippen molar-refractivity contribution in [2.45, 2.75) is 6.18 Å². The highest BCUT2D eigenvalue weighted by atomic mass is 79.9. The van der Waals surface area contributed by atoms with Gasteiger partial charge in [-0.1, -0.05) is 52.3 Å². The van der Waals surface area contributed by atoms with Gasteiger partial charge in [-0.3, -0.25) is 4.90 Å². The minimum Gasteiger partial charge on any atom is -0.507 e. The SMILES string of the molecule is Oc1ccc(Br)cc1/C=N/Nc1nc(OCC(F)(F)F)nc(N(c2ccccc2)c2ccccc2)n1. The van der Waals surface area contributed by atoms with Gasteiger partial charge in [-0.15, -0.1) is 0 Å². The predicted octanol–water partition coefficient (Wildman–Crippen LogP) is 6.20. The van der Waals surface area contributed by atoms with Crippen molar-refractivity contribution in [2.75, 3.05) is 16.9 Å². The number of phenols is 1. The number of benzene rings is 3. The van der Waals surface area contributed by atoms with Gasteiger partial charge in [-0.25, -0.2) is 5.43 Å². The highest BCUT2D eigenvalue weighted by molar-refractivity contribution is 9.10. The van der Waals surface area contributed by atoms with E-state index in [9.17, 15) is 18.3 Å². The zero-order valence-electron chi connectivity index (χ0n) is 18.4. The van der Waals surface area contributed by atoms with E-state index in [1.54, 1.807) is 65.6 Å². The van der Waals surface area contributed by atoms with E-state index in [4.69, 9.17) is 4.74 Å². The topological polar surface area (TPSA) is 95.8 Å². The fourth-order valence-corrected chi connectivity index (χ4v) is 3.41. The molecule has 0 bridgehead atoms. The molecule has 0 atom stereocenters. The summed E-state index contributed by atoms with van der Waals surface area (Å²) in [5.41, 5.74) is 4.27. The van der Waals surface area contributed by atoms with Crippen molar-refractivity contribution in [1.29, 1.82) is 0 Å². The second-order valence-electron chi connectivity index (χ2n) is 7.23. The Morgan fingerprint density at radius 1 is 0.944 bits per heavy atom. The predicted molar refractivity (Wildman–Crippen MR) is 133 cm³/mol. The lowest BCUT2D eigenvalue weighted by atomic mass is 10.2. The lowest BCUT2D eigenvalue weighted by Gasteiger charge is -2.23. The van der Waals surface area contributed by atoms with Crippen LogP contribution in [0.4, 0.5) is 36.4 Å². The van der Waals surface area contributed by atoms with Crippen LogP contribution in [0.2, 0.25) is 0 Å². The fraction of sp³-hybridized carbons (Fsp3) is 0.0833. The molecule has 0 spiro atoms. The number of hydrogen-bond donors (Lipinski definition) is 2. The third-order valence-corrected chi connectivity index (χ3v) is 5.05. The molecule has 0 saturated carbocycles. The summed E-state index contributed by atoms with van der Waals surface area (Å²) >= 11 is 3.31. The Balaban J connectivity index is 1.73. The van der Waals surface area contributed by atoms with Crippen molar-refractivity contribution in [1.82, 2.24) is 15.0 Å².